The number of rotatable bonds is 8. The van der Waals surface area contributed by atoms with Crippen LogP contribution in [0.15, 0.2) is 70.7 Å². The second kappa shape index (κ2) is 11.3. The maximum atomic E-state index is 13.8. The Labute approximate surface area is 241 Å². The van der Waals surface area contributed by atoms with Gasteiger partial charge in [-0.1, -0.05) is 42.1 Å². The van der Waals surface area contributed by atoms with Crippen molar-refractivity contribution in [2.24, 2.45) is 0 Å². The summed E-state index contributed by atoms with van der Waals surface area (Å²) < 4.78 is 1.61. The van der Waals surface area contributed by atoms with Gasteiger partial charge in [-0.15, -0.1) is 22.7 Å². The molecular weight excluding hydrogens is 567 g/mol. The lowest BCUT2D eigenvalue weighted by molar-refractivity contribution is -0.384. The van der Waals surface area contributed by atoms with E-state index in [4.69, 9.17) is 4.98 Å². The van der Waals surface area contributed by atoms with Crippen molar-refractivity contribution in [1.29, 1.82) is 0 Å². The van der Waals surface area contributed by atoms with Crippen LogP contribution >= 0.6 is 34.4 Å². The van der Waals surface area contributed by atoms with Gasteiger partial charge in [0.2, 0.25) is 5.91 Å². The molecule has 0 fully saturated rings. The van der Waals surface area contributed by atoms with Crippen LogP contribution in [0.1, 0.15) is 33.7 Å². The average Bonchev–Trinajstić information content (AvgIpc) is 3.56. The van der Waals surface area contributed by atoms with E-state index in [1.807, 2.05) is 36.4 Å². The predicted octanol–water partition coefficient (Wildman–Crippen LogP) is 6.01. The number of hydrogen-bond acceptors (Lipinski definition) is 9. The van der Waals surface area contributed by atoms with E-state index in [0.717, 1.165) is 46.5 Å². The zero-order valence-corrected chi connectivity index (χ0v) is 23.6. The van der Waals surface area contributed by atoms with Crippen LogP contribution in [0.4, 0.5) is 10.8 Å². The van der Waals surface area contributed by atoms with E-state index in [-0.39, 0.29) is 22.9 Å². The molecule has 5 aromatic rings. The van der Waals surface area contributed by atoms with Crippen LogP contribution in [0.5, 0.6) is 0 Å². The van der Waals surface area contributed by atoms with Gasteiger partial charge in [0.05, 0.1) is 21.7 Å². The molecule has 0 aliphatic heterocycles. The number of nitrogens with zero attached hydrogens (tertiary/aromatic N) is 4. The molecule has 1 aliphatic rings. The van der Waals surface area contributed by atoms with Gasteiger partial charge in [-0.25, -0.2) is 9.97 Å². The smallest absolute Gasteiger partial charge is 0.269 e. The number of thiazole rings is 1. The standard InChI is InChI=1S/C28H23N5O4S3/c34-23(30-27-29-15-20(39-27)14-17-7-6-10-19(13-17)33(36)37)16-38-28-31-25-24(21-11-4-5-12-22(21)40-25)26(35)32(28)18-8-2-1-3-9-18/h1-3,6-10,13,15H,4-5,11-12,14,16H2,(H,29,30,34). The van der Waals surface area contributed by atoms with E-state index < -0.39 is 4.92 Å². The Bertz CT molecular complexity index is 1800. The van der Waals surface area contributed by atoms with Crippen LogP contribution < -0.4 is 10.9 Å². The number of para-hydroxylation sites is 1. The van der Waals surface area contributed by atoms with Crippen molar-refractivity contribution in [2.45, 2.75) is 37.3 Å². The maximum Gasteiger partial charge on any atom is 0.269 e. The first-order chi connectivity index (χ1) is 19.5. The summed E-state index contributed by atoms with van der Waals surface area (Å²) in [6.07, 6.45) is 6.20. The molecule has 1 amide bonds. The molecule has 3 aromatic heterocycles. The molecule has 0 atom stereocenters. The zero-order valence-electron chi connectivity index (χ0n) is 21.2. The van der Waals surface area contributed by atoms with E-state index in [9.17, 15) is 19.7 Å². The zero-order chi connectivity index (χ0) is 27.6. The van der Waals surface area contributed by atoms with Gasteiger partial charge in [0.1, 0.15) is 4.83 Å². The molecule has 0 bridgehead atoms. The summed E-state index contributed by atoms with van der Waals surface area (Å²) in [4.78, 5) is 49.3. The highest BCUT2D eigenvalue weighted by atomic mass is 32.2. The molecule has 3 heterocycles. The second-order valence-corrected chi connectivity index (χ2v) is 12.5. The van der Waals surface area contributed by atoms with E-state index in [1.165, 1.54) is 40.1 Å². The molecule has 0 spiro atoms. The number of thioether (sulfide) groups is 1. The second-order valence-electron chi connectivity index (χ2n) is 9.33. The summed E-state index contributed by atoms with van der Waals surface area (Å²) in [5, 5.41) is 15.5. The highest BCUT2D eigenvalue weighted by Gasteiger charge is 2.23. The monoisotopic (exact) mass is 589 g/mol. The number of carbonyl (C=O) groups excluding carboxylic acids is 1. The summed E-state index contributed by atoms with van der Waals surface area (Å²) in [6, 6.07) is 15.9. The van der Waals surface area contributed by atoms with Gasteiger partial charge < -0.3 is 5.32 Å². The number of benzene rings is 2. The predicted molar refractivity (Wildman–Crippen MR) is 159 cm³/mol. The summed E-state index contributed by atoms with van der Waals surface area (Å²) >= 11 is 4.13. The molecule has 1 N–H and O–H groups in total. The molecule has 0 saturated carbocycles. The van der Waals surface area contributed by atoms with Gasteiger partial charge in [0.15, 0.2) is 10.3 Å². The quantitative estimate of drug-likeness (QED) is 0.102. The minimum atomic E-state index is -0.421. The van der Waals surface area contributed by atoms with Crippen molar-refractivity contribution in [3.8, 4) is 5.69 Å². The van der Waals surface area contributed by atoms with E-state index >= 15 is 0 Å². The van der Waals surface area contributed by atoms with Crippen molar-refractivity contribution in [1.82, 2.24) is 14.5 Å². The number of fused-ring (bicyclic) bond motifs is 3. The number of aromatic nitrogens is 3. The van der Waals surface area contributed by atoms with Crippen LogP contribution in [0, 0.1) is 10.1 Å². The molecule has 40 heavy (non-hydrogen) atoms. The first-order valence-electron chi connectivity index (χ1n) is 12.7. The molecule has 12 heteroatoms. The molecule has 6 rings (SSSR count). The number of carbonyl (C=O) groups is 1. The van der Waals surface area contributed by atoms with Gasteiger partial charge in [0, 0.05) is 34.5 Å². The third-order valence-electron chi connectivity index (χ3n) is 6.60. The molecule has 2 aromatic carbocycles. The number of nitro benzene ring substituents is 1. The number of anilines is 1. The number of amides is 1. The molecular formula is C28H23N5O4S3. The lowest BCUT2D eigenvalue weighted by Crippen LogP contribution is -2.23. The first-order valence-corrected chi connectivity index (χ1v) is 15.3. The summed E-state index contributed by atoms with van der Waals surface area (Å²) in [7, 11) is 0. The third-order valence-corrected chi connectivity index (χ3v) is 9.64. The van der Waals surface area contributed by atoms with Gasteiger partial charge >= 0.3 is 0 Å². The van der Waals surface area contributed by atoms with E-state index in [2.05, 4.69) is 10.3 Å². The topological polar surface area (TPSA) is 120 Å². The number of hydrogen-bond donors (Lipinski definition) is 1. The Morgan fingerprint density at radius 2 is 1.93 bits per heavy atom. The molecule has 0 radical (unpaired) electrons. The molecule has 202 valence electrons. The fraction of sp³-hybridized carbons (Fsp3) is 0.214. The Kier molecular flexibility index (Phi) is 7.46. The SMILES string of the molecule is O=C(CSc1nc2sc3c(c2c(=O)n1-c1ccccc1)CCCC3)Nc1ncc(Cc2cccc([N+](=O)[O-])c2)s1. The minimum Gasteiger partial charge on any atom is -0.301 e. The van der Waals surface area contributed by atoms with Crippen LogP contribution in [0.25, 0.3) is 15.9 Å². The van der Waals surface area contributed by atoms with Crippen molar-refractivity contribution in [3.63, 3.8) is 0 Å². The summed E-state index contributed by atoms with van der Waals surface area (Å²) in [5.74, 6) is -0.212. The normalized spacial score (nSPS) is 12.8. The van der Waals surface area contributed by atoms with Crippen LogP contribution in [-0.4, -0.2) is 31.1 Å². The molecule has 1 aliphatic carbocycles. The van der Waals surface area contributed by atoms with Gasteiger partial charge in [-0.3, -0.25) is 24.3 Å². The number of thiophene rings is 1. The minimum absolute atomic E-state index is 0.0380. The van der Waals surface area contributed by atoms with Crippen LogP contribution in [-0.2, 0) is 24.1 Å². The van der Waals surface area contributed by atoms with E-state index in [0.29, 0.717) is 27.8 Å². The molecule has 0 saturated heterocycles. The van der Waals surface area contributed by atoms with Crippen molar-refractivity contribution >= 4 is 61.4 Å². The Morgan fingerprint density at radius 3 is 2.75 bits per heavy atom. The first kappa shape index (κ1) is 26.4. The Balaban J connectivity index is 1.20. The third kappa shape index (κ3) is 5.42. The fourth-order valence-corrected chi connectivity index (χ4v) is 7.78. The molecule has 9 nitrogen and oxygen atoms in total. The van der Waals surface area contributed by atoms with Crippen molar-refractivity contribution in [2.75, 3.05) is 11.1 Å². The number of nitrogens with one attached hydrogen (secondary N) is 1. The lowest BCUT2D eigenvalue weighted by Gasteiger charge is -2.13. The highest BCUT2D eigenvalue weighted by Crippen LogP contribution is 2.35. The molecule has 0 unspecified atom stereocenters. The fourth-order valence-electron chi connectivity index (χ4n) is 4.80. The summed E-state index contributed by atoms with van der Waals surface area (Å²) in [5.41, 5.74) is 2.58. The number of aryl methyl sites for hydroxylation is 2. The average molecular weight is 590 g/mol. The Morgan fingerprint density at radius 1 is 1.10 bits per heavy atom. The van der Waals surface area contributed by atoms with Crippen LogP contribution in [0.2, 0.25) is 0 Å². The number of non-ortho nitro benzene ring substituents is 1. The number of nitro groups is 1. The largest absolute Gasteiger partial charge is 0.301 e. The highest BCUT2D eigenvalue weighted by molar-refractivity contribution is 7.99. The van der Waals surface area contributed by atoms with E-state index in [1.54, 1.807) is 28.2 Å². The Hall–Kier alpha value is -3.87. The van der Waals surface area contributed by atoms with Gasteiger partial charge in [0.25, 0.3) is 11.2 Å². The maximum absolute atomic E-state index is 13.8. The van der Waals surface area contributed by atoms with Gasteiger partial charge in [-0.2, -0.15) is 0 Å². The van der Waals surface area contributed by atoms with Crippen molar-refractivity contribution in [3.05, 3.63) is 102 Å². The van der Waals surface area contributed by atoms with Crippen molar-refractivity contribution < 1.29 is 9.72 Å². The summed E-state index contributed by atoms with van der Waals surface area (Å²) in [6.45, 7) is 0. The lowest BCUT2D eigenvalue weighted by atomic mass is 9.97. The van der Waals surface area contributed by atoms with Gasteiger partial charge in [-0.05, 0) is 48.9 Å². The van der Waals surface area contributed by atoms with Crippen LogP contribution in [0.3, 0.4) is 0 Å².